The van der Waals surface area contributed by atoms with E-state index < -0.39 is 38.2 Å². The Morgan fingerprint density at radius 3 is 1.35 bits per heavy atom. The van der Waals surface area contributed by atoms with Gasteiger partial charge in [0.2, 0.25) is 0 Å². The molecule has 0 unspecified atom stereocenters. The molecule has 0 aromatic heterocycles. The molecule has 1 aliphatic heterocycles. The summed E-state index contributed by atoms with van der Waals surface area (Å²) in [6.07, 6.45) is -1.69. The van der Waals surface area contributed by atoms with Crippen molar-refractivity contribution in [2.24, 2.45) is 0 Å². The Bertz CT molecular complexity index is 1020. The molecule has 0 N–H and O–H groups in total. The molecule has 3 rings (SSSR count). The minimum absolute atomic E-state index is 0.0195. The van der Waals surface area contributed by atoms with Crippen LogP contribution in [0.3, 0.4) is 0 Å². The fourth-order valence-electron chi connectivity index (χ4n) is 3.05. The molecule has 1 aliphatic rings. The lowest BCUT2D eigenvalue weighted by Crippen LogP contribution is -2.33. The van der Waals surface area contributed by atoms with E-state index in [1.165, 1.54) is 24.3 Å². The van der Waals surface area contributed by atoms with Gasteiger partial charge in [0, 0.05) is 0 Å². The molecule has 2 atom stereocenters. The first-order valence-corrected chi connectivity index (χ1v) is 12.5. The molecular weight excluding hydrogens is 444 g/mol. The Kier molecular flexibility index (Phi) is 6.90. The van der Waals surface area contributed by atoms with Crippen molar-refractivity contribution in [3.05, 3.63) is 59.7 Å². The maximum atomic E-state index is 12.5. The summed E-state index contributed by atoms with van der Waals surface area (Å²) in [5.74, 6) is -1.05. The topological polar surface area (TPSA) is 105 Å². The van der Waals surface area contributed by atoms with Crippen molar-refractivity contribution >= 4 is 20.2 Å². The molecule has 8 nitrogen and oxygen atoms in total. The Hall–Kier alpha value is -1.82. The maximum Gasteiger partial charge on any atom is 0.297 e. The van der Waals surface area contributed by atoms with E-state index in [1.54, 1.807) is 38.1 Å². The molecule has 0 bridgehead atoms. The largest absolute Gasteiger partial charge is 0.342 e. The Balaban J connectivity index is 1.67. The molecule has 1 saturated heterocycles. The standard InChI is InChI=1S/C21H26O8S2/c1-15-5-9-17(10-6-15)30(22,23)26-13-19-20(29-21(3,4)28-19)14-27-31(24,25)18-11-7-16(2)8-12-18/h5-12,19-20H,13-14H2,1-4H3/t19-,20-/m0/s1. The normalized spacial score (nSPS) is 21.3. The summed E-state index contributed by atoms with van der Waals surface area (Å²) in [5, 5.41) is 0. The molecule has 0 amide bonds. The Morgan fingerprint density at radius 1 is 0.710 bits per heavy atom. The van der Waals surface area contributed by atoms with Crippen molar-refractivity contribution in [2.75, 3.05) is 13.2 Å². The molecular formula is C21H26O8S2. The third-order valence-corrected chi connectivity index (χ3v) is 7.27. The summed E-state index contributed by atoms with van der Waals surface area (Å²) in [5.41, 5.74) is 1.83. The second-order valence-electron chi connectivity index (χ2n) is 7.82. The van der Waals surface area contributed by atoms with Crippen LogP contribution in [0.4, 0.5) is 0 Å². The highest BCUT2D eigenvalue weighted by Gasteiger charge is 2.43. The van der Waals surface area contributed by atoms with E-state index in [-0.39, 0.29) is 23.0 Å². The number of ether oxygens (including phenoxy) is 2. The number of benzene rings is 2. The van der Waals surface area contributed by atoms with Gasteiger partial charge in [-0.3, -0.25) is 8.37 Å². The lowest BCUT2D eigenvalue weighted by molar-refractivity contribution is -0.150. The summed E-state index contributed by atoms with van der Waals surface area (Å²) in [6.45, 7) is 6.28. The van der Waals surface area contributed by atoms with E-state index in [4.69, 9.17) is 17.8 Å². The van der Waals surface area contributed by atoms with Crippen LogP contribution in [0.5, 0.6) is 0 Å². The maximum absolute atomic E-state index is 12.5. The van der Waals surface area contributed by atoms with Crippen LogP contribution in [0.25, 0.3) is 0 Å². The zero-order valence-electron chi connectivity index (χ0n) is 17.8. The van der Waals surface area contributed by atoms with Crippen LogP contribution in [0.2, 0.25) is 0 Å². The molecule has 0 spiro atoms. The smallest absolute Gasteiger partial charge is 0.297 e. The van der Waals surface area contributed by atoms with Gasteiger partial charge in [-0.05, 0) is 52.0 Å². The van der Waals surface area contributed by atoms with Gasteiger partial charge in [-0.2, -0.15) is 16.8 Å². The van der Waals surface area contributed by atoms with Crippen molar-refractivity contribution in [3.8, 4) is 0 Å². The number of aryl methyl sites for hydroxylation is 2. The second-order valence-corrected chi connectivity index (χ2v) is 11.0. The molecule has 0 saturated carbocycles. The molecule has 2 aromatic rings. The molecule has 31 heavy (non-hydrogen) atoms. The van der Waals surface area contributed by atoms with E-state index in [0.717, 1.165) is 11.1 Å². The van der Waals surface area contributed by atoms with Crippen molar-refractivity contribution in [3.63, 3.8) is 0 Å². The van der Waals surface area contributed by atoms with Crippen LogP contribution in [-0.4, -0.2) is 48.0 Å². The first kappa shape index (κ1) is 23.8. The van der Waals surface area contributed by atoms with Crippen molar-refractivity contribution in [2.45, 2.75) is 55.5 Å². The van der Waals surface area contributed by atoms with Gasteiger partial charge in [-0.1, -0.05) is 35.4 Å². The number of hydrogen-bond donors (Lipinski definition) is 0. The summed E-state index contributed by atoms with van der Waals surface area (Å²) in [4.78, 5) is 0.0389. The molecule has 1 fully saturated rings. The van der Waals surface area contributed by atoms with Crippen LogP contribution < -0.4 is 0 Å². The summed E-state index contributed by atoms with van der Waals surface area (Å²) >= 11 is 0. The molecule has 0 aliphatic carbocycles. The molecule has 2 aromatic carbocycles. The lowest BCUT2D eigenvalue weighted by Gasteiger charge is -2.17. The van der Waals surface area contributed by atoms with Gasteiger partial charge in [0.25, 0.3) is 20.2 Å². The third kappa shape index (κ3) is 6.12. The predicted molar refractivity (Wildman–Crippen MR) is 112 cm³/mol. The predicted octanol–water partition coefficient (Wildman–Crippen LogP) is 2.93. The highest BCUT2D eigenvalue weighted by atomic mass is 32.2. The van der Waals surface area contributed by atoms with Crippen molar-refractivity contribution in [1.29, 1.82) is 0 Å². The molecule has 1 heterocycles. The summed E-state index contributed by atoms with van der Waals surface area (Å²) in [7, 11) is -8.02. The van der Waals surface area contributed by atoms with Crippen LogP contribution >= 0.6 is 0 Å². The fraction of sp³-hybridized carbons (Fsp3) is 0.429. The number of hydrogen-bond acceptors (Lipinski definition) is 8. The average Bonchev–Trinajstić information content (AvgIpc) is 2.99. The van der Waals surface area contributed by atoms with Crippen molar-refractivity contribution < 1.29 is 34.7 Å². The third-order valence-electron chi connectivity index (χ3n) is 4.68. The van der Waals surface area contributed by atoms with Crippen LogP contribution in [0.15, 0.2) is 58.3 Å². The minimum atomic E-state index is -4.01. The van der Waals surface area contributed by atoms with Gasteiger partial charge in [0.1, 0.15) is 12.2 Å². The second kappa shape index (κ2) is 8.97. The zero-order chi connectivity index (χ0) is 22.9. The highest BCUT2D eigenvalue weighted by Crippen LogP contribution is 2.30. The molecule has 10 heteroatoms. The van der Waals surface area contributed by atoms with E-state index in [2.05, 4.69) is 0 Å². The first-order chi connectivity index (χ1) is 14.4. The first-order valence-electron chi connectivity index (χ1n) is 9.66. The van der Waals surface area contributed by atoms with E-state index in [0.29, 0.717) is 0 Å². The quantitative estimate of drug-likeness (QED) is 0.542. The van der Waals surface area contributed by atoms with E-state index in [9.17, 15) is 16.8 Å². The summed E-state index contributed by atoms with van der Waals surface area (Å²) in [6, 6.07) is 12.5. The van der Waals surface area contributed by atoms with E-state index in [1.807, 2.05) is 13.8 Å². The van der Waals surface area contributed by atoms with E-state index >= 15 is 0 Å². The number of rotatable bonds is 8. The highest BCUT2D eigenvalue weighted by molar-refractivity contribution is 7.87. The fourth-order valence-corrected chi connectivity index (χ4v) is 4.89. The molecule has 170 valence electrons. The minimum Gasteiger partial charge on any atom is -0.342 e. The van der Waals surface area contributed by atoms with Gasteiger partial charge in [0.15, 0.2) is 5.79 Å². The van der Waals surface area contributed by atoms with Gasteiger partial charge in [-0.25, -0.2) is 0 Å². The Morgan fingerprint density at radius 2 is 1.03 bits per heavy atom. The average molecular weight is 471 g/mol. The SMILES string of the molecule is Cc1ccc(S(=O)(=O)OC[C@@H]2OC(C)(C)O[C@H]2COS(=O)(=O)c2ccc(C)cc2)cc1. The molecule has 0 radical (unpaired) electrons. The zero-order valence-corrected chi connectivity index (χ0v) is 19.4. The lowest BCUT2D eigenvalue weighted by atomic mass is 10.2. The van der Waals surface area contributed by atoms with Gasteiger partial charge in [-0.15, -0.1) is 0 Å². The van der Waals surface area contributed by atoms with Gasteiger partial charge in [0.05, 0.1) is 23.0 Å². The van der Waals surface area contributed by atoms with Crippen LogP contribution in [0, 0.1) is 13.8 Å². The van der Waals surface area contributed by atoms with Gasteiger partial charge >= 0.3 is 0 Å². The monoisotopic (exact) mass is 470 g/mol. The summed E-state index contributed by atoms with van der Waals surface area (Å²) < 4.78 is 71.5. The van der Waals surface area contributed by atoms with Crippen LogP contribution in [-0.2, 0) is 38.1 Å². The van der Waals surface area contributed by atoms with Crippen LogP contribution in [0.1, 0.15) is 25.0 Å². The van der Waals surface area contributed by atoms with Crippen molar-refractivity contribution in [1.82, 2.24) is 0 Å². The Labute approximate surface area is 183 Å². The van der Waals surface area contributed by atoms with Gasteiger partial charge < -0.3 is 9.47 Å².